The van der Waals surface area contributed by atoms with E-state index in [1.807, 2.05) is 48.5 Å². The van der Waals surface area contributed by atoms with E-state index in [0.717, 1.165) is 61.9 Å². The van der Waals surface area contributed by atoms with Crippen molar-refractivity contribution in [1.29, 1.82) is 0 Å². The van der Waals surface area contributed by atoms with Crippen LogP contribution in [0, 0.1) is 5.92 Å². The Morgan fingerprint density at radius 3 is 2.77 bits per heavy atom. The molecule has 0 radical (unpaired) electrons. The van der Waals surface area contributed by atoms with Crippen LogP contribution in [0.4, 0.5) is 0 Å². The number of pyridine rings is 1. The van der Waals surface area contributed by atoms with Crippen molar-refractivity contribution < 1.29 is 4.79 Å². The van der Waals surface area contributed by atoms with E-state index in [1.54, 1.807) is 6.20 Å². The van der Waals surface area contributed by atoms with Crippen LogP contribution in [0.1, 0.15) is 41.6 Å². The average molecular weight is 511 g/mol. The van der Waals surface area contributed by atoms with Crippen molar-refractivity contribution in [3.63, 3.8) is 0 Å². The zero-order valence-corrected chi connectivity index (χ0v) is 21.4. The Morgan fingerprint density at radius 2 is 1.94 bits per heavy atom. The van der Waals surface area contributed by atoms with Gasteiger partial charge in [-0.1, -0.05) is 35.3 Å². The Bertz CT molecular complexity index is 1180. The zero-order valence-electron chi connectivity index (χ0n) is 19.9. The van der Waals surface area contributed by atoms with Crippen LogP contribution in [0.25, 0.3) is 10.9 Å². The van der Waals surface area contributed by atoms with Gasteiger partial charge in [-0.2, -0.15) is 0 Å². The van der Waals surface area contributed by atoms with Gasteiger partial charge in [0.15, 0.2) is 0 Å². The highest BCUT2D eigenvalue weighted by molar-refractivity contribution is 6.42. The molecule has 2 fully saturated rings. The molecule has 5 nitrogen and oxygen atoms in total. The van der Waals surface area contributed by atoms with Crippen LogP contribution in [0.3, 0.4) is 0 Å². The van der Waals surface area contributed by atoms with Crippen molar-refractivity contribution in [1.82, 2.24) is 20.5 Å². The third kappa shape index (κ3) is 5.97. The molecule has 2 aromatic carbocycles. The highest BCUT2D eigenvalue weighted by Crippen LogP contribution is 2.28. The van der Waals surface area contributed by atoms with E-state index in [-0.39, 0.29) is 11.9 Å². The van der Waals surface area contributed by atoms with E-state index in [2.05, 4.69) is 20.5 Å². The van der Waals surface area contributed by atoms with Crippen LogP contribution < -0.4 is 10.6 Å². The molecule has 1 amide bonds. The molecule has 0 saturated carbocycles. The molecule has 0 bridgehead atoms. The molecule has 3 heterocycles. The second kappa shape index (κ2) is 11.3. The lowest BCUT2D eigenvalue weighted by Crippen LogP contribution is -2.52. The number of hydrogen-bond acceptors (Lipinski definition) is 4. The minimum absolute atomic E-state index is 0.00820. The summed E-state index contributed by atoms with van der Waals surface area (Å²) in [5, 5.41) is 8.95. The smallest absolute Gasteiger partial charge is 0.251 e. The van der Waals surface area contributed by atoms with Gasteiger partial charge in [-0.3, -0.25) is 14.7 Å². The fraction of sp³-hybridized carbons (Fsp3) is 0.429. The molecule has 7 heteroatoms. The standard InChI is InChI=1S/C28H32Cl2N4O/c29-24-7-5-19(15-25(24)30)16-27(22-4-2-14-34(18-22)23-9-12-31-13-10-23)33-28(35)21-6-8-26-20(17-21)3-1-11-32-26/h1,3,5-8,11,15,17,22-23,27,31H,2,4,9-10,12-14,16,18H2,(H,33,35)/t22?,27-/m1/s1. The van der Waals surface area contributed by atoms with Crippen LogP contribution in [0.5, 0.6) is 0 Å². The van der Waals surface area contributed by atoms with Crippen LogP contribution >= 0.6 is 23.2 Å². The Morgan fingerprint density at radius 1 is 1.09 bits per heavy atom. The number of nitrogens with one attached hydrogen (secondary N) is 2. The number of piperidine rings is 2. The van der Waals surface area contributed by atoms with Crippen molar-refractivity contribution in [2.45, 2.75) is 44.2 Å². The Balaban J connectivity index is 1.37. The lowest BCUT2D eigenvalue weighted by atomic mass is 9.85. The molecular formula is C28H32Cl2N4O. The number of amides is 1. The van der Waals surface area contributed by atoms with Gasteiger partial charge in [-0.25, -0.2) is 0 Å². The molecule has 2 saturated heterocycles. The third-order valence-corrected chi connectivity index (χ3v) is 8.24. The maximum atomic E-state index is 13.4. The van der Waals surface area contributed by atoms with Gasteiger partial charge in [-0.15, -0.1) is 0 Å². The maximum absolute atomic E-state index is 13.4. The van der Waals surface area contributed by atoms with Gasteiger partial charge in [0.25, 0.3) is 5.91 Å². The number of carbonyl (C=O) groups is 1. The summed E-state index contributed by atoms with van der Waals surface area (Å²) in [4.78, 5) is 20.5. The molecule has 0 spiro atoms. The molecule has 2 N–H and O–H groups in total. The van der Waals surface area contributed by atoms with Crippen molar-refractivity contribution >= 4 is 40.0 Å². The number of rotatable bonds is 6. The van der Waals surface area contributed by atoms with Crippen LogP contribution in [0.2, 0.25) is 10.0 Å². The Kier molecular flexibility index (Phi) is 7.88. The second-order valence-corrected chi connectivity index (χ2v) is 10.6. The van der Waals surface area contributed by atoms with Gasteiger partial charge in [0.2, 0.25) is 0 Å². The Labute approximate surface area is 217 Å². The van der Waals surface area contributed by atoms with Gasteiger partial charge in [0, 0.05) is 35.8 Å². The van der Waals surface area contributed by atoms with Crippen molar-refractivity contribution in [2.75, 3.05) is 26.2 Å². The predicted molar refractivity (Wildman–Crippen MR) is 143 cm³/mol. The number of halogens is 2. The van der Waals surface area contributed by atoms with Crippen molar-refractivity contribution in [2.24, 2.45) is 5.92 Å². The second-order valence-electron chi connectivity index (χ2n) is 9.82. The summed E-state index contributed by atoms with van der Waals surface area (Å²) >= 11 is 12.5. The lowest BCUT2D eigenvalue weighted by Gasteiger charge is -2.42. The summed E-state index contributed by atoms with van der Waals surface area (Å²) in [5.41, 5.74) is 2.64. The molecule has 1 unspecified atom stereocenters. The molecule has 35 heavy (non-hydrogen) atoms. The first-order chi connectivity index (χ1) is 17.1. The van der Waals surface area contributed by atoms with E-state index >= 15 is 0 Å². The normalized spacial score (nSPS) is 20.6. The summed E-state index contributed by atoms with van der Waals surface area (Å²) in [5.74, 6) is 0.332. The fourth-order valence-corrected chi connectivity index (χ4v) is 5.92. The number of nitrogens with zero attached hydrogens (tertiary/aromatic N) is 2. The van der Waals surface area contributed by atoms with Gasteiger partial charge < -0.3 is 10.6 Å². The molecule has 2 atom stereocenters. The fourth-order valence-electron chi connectivity index (χ4n) is 5.60. The third-order valence-electron chi connectivity index (χ3n) is 7.50. The number of benzene rings is 2. The molecular weight excluding hydrogens is 479 g/mol. The van der Waals surface area contributed by atoms with Crippen LogP contribution in [0.15, 0.2) is 54.7 Å². The summed E-state index contributed by atoms with van der Waals surface area (Å²) in [6.07, 6.45) is 7.15. The van der Waals surface area contributed by atoms with Crippen molar-refractivity contribution in [3.8, 4) is 0 Å². The largest absolute Gasteiger partial charge is 0.349 e. The molecule has 0 aliphatic carbocycles. The molecule has 2 aliphatic heterocycles. The molecule has 3 aromatic rings. The number of likely N-dealkylation sites (tertiary alicyclic amines) is 1. The van der Waals surface area contributed by atoms with Gasteiger partial charge in [-0.05, 0) is 99.6 Å². The number of carbonyl (C=O) groups excluding carboxylic acids is 1. The maximum Gasteiger partial charge on any atom is 0.251 e. The van der Waals surface area contributed by atoms with Gasteiger partial charge >= 0.3 is 0 Å². The lowest BCUT2D eigenvalue weighted by molar-refractivity contribution is 0.0766. The SMILES string of the molecule is O=C(N[C@H](Cc1ccc(Cl)c(Cl)c1)C1CCCN(C2CCNCC2)C1)c1ccc2ncccc2c1. The summed E-state index contributed by atoms with van der Waals surface area (Å²) in [6.45, 7) is 4.34. The quantitative estimate of drug-likeness (QED) is 0.469. The van der Waals surface area contributed by atoms with E-state index in [4.69, 9.17) is 23.2 Å². The summed E-state index contributed by atoms with van der Waals surface area (Å²) < 4.78 is 0. The first-order valence-corrected chi connectivity index (χ1v) is 13.4. The summed E-state index contributed by atoms with van der Waals surface area (Å²) in [7, 11) is 0. The van der Waals surface area contributed by atoms with Crippen LogP contribution in [-0.2, 0) is 6.42 Å². The highest BCUT2D eigenvalue weighted by Gasteiger charge is 2.32. The monoisotopic (exact) mass is 510 g/mol. The summed E-state index contributed by atoms with van der Waals surface area (Å²) in [6, 6.07) is 16.0. The number of aromatic nitrogens is 1. The first-order valence-electron chi connectivity index (χ1n) is 12.6. The number of hydrogen-bond donors (Lipinski definition) is 2. The van der Waals surface area contributed by atoms with Gasteiger partial charge in [0.1, 0.15) is 0 Å². The first kappa shape index (κ1) is 24.5. The van der Waals surface area contributed by atoms with E-state index in [0.29, 0.717) is 27.6 Å². The van der Waals surface area contributed by atoms with Gasteiger partial charge in [0.05, 0.1) is 15.6 Å². The molecule has 5 rings (SSSR count). The molecule has 1 aromatic heterocycles. The zero-order chi connectivity index (χ0) is 24.2. The molecule has 2 aliphatic rings. The van der Waals surface area contributed by atoms with E-state index in [1.165, 1.54) is 12.8 Å². The average Bonchev–Trinajstić information content (AvgIpc) is 2.90. The Hall–Kier alpha value is -2.18. The minimum Gasteiger partial charge on any atom is -0.349 e. The molecule has 184 valence electrons. The van der Waals surface area contributed by atoms with E-state index in [9.17, 15) is 4.79 Å². The van der Waals surface area contributed by atoms with Crippen molar-refractivity contribution in [3.05, 3.63) is 75.9 Å². The minimum atomic E-state index is -0.0418. The highest BCUT2D eigenvalue weighted by atomic mass is 35.5. The van der Waals surface area contributed by atoms with Crippen LogP contribution in [-0.4, -0.2) is 54.1 Å². The van der Waals surface area contributed by atoms with E-state index < -0.39 is 0 Å². The predicted octanol–water partition coefficient (Wildman–Crippen LogP) is 5.35. The number of fused-ring (bicyclic) bond motifs is 1. The topological polar surface area (TPSA) is 57.3 Å².